The molecule has 5 heteroatoms. The molecule has 1 amide bonds. The van der Waals surface area contributed by atoms with Crippen LogP contribution in [0.5, 0.6) is 0 Å². The van der Waals surface area contributed by atoms with Crippen molar-refractivity contribution in [1.82, 2.24) is 9.88 Å². The highest BCUT2D eigenvalue weighted by Gasteiger charge is 2.19. The molecule has 3 nitrogen and oxygen atoms in total. The third-order valence-corrected chi connectivity index (χ3v) is 2.80. The van der Waals surface area contributed by atoms with E-state index in [1.807, 2.05) is 18.7 Å². The fourth-order valence-electron chi connectivity index (χ4n) is 1.15. The van der Waals surface area contributed by atoms with Gasteiger partial charge >= 0.3 is 0 Å². The molecule has 0 radical (unpaired) electrons. The summed E-state index contributed by atoms with van der Waals surface area (Å²) >= 11 is 4.78. The van der Waals surface area contributed by atoms with Crippen molar-refractivity contribution in [2.45, 2.75) is 19.9 Å². The van der Waals surface area contributed by atoms with Gasteiger partial charge in [-0.3, -0.25) is 4.79 Å². The Labute approximate surface area is 96.3 Å². The van der Waals surface area contributed by atoms with E-state index < -0.39 is 0 Å². The molecule has 0 fully saturated rings. The summed E-state index contributed by atoms with van der Waals surface area (Å²) in [6.45, 7) is 4.73. The van der Waals surface area contributed by atoms with Gasteiger partial charge in [0.25, 0.3) is 5.91 Å². The second-order valence-electron chi connectivity index (χ2n) is 3.15. The lowest BCUT2D eigenvalue weighted by Gasteiger charge is -2.24. The summed E-state index contributed by atoms with van der Waals surface area (Å²) < 4.78 is 0. The van der Waals surface area contributed by atoms with Gasteiger partial charge in [0, 0.05) is 23.3 Å². The lowest BCUT2D eigenvalue weighted by atomic mass is 10.3. The molecular weight excluding hydrogens is 264 g/mol. The highest BCUT2D eigenvalue weighted by Crippen LogP contribution is 2.09. The number of hydrogen-bond donors (Lipinski definition) is 0. The van der Waals surface area contributed by atoms with E-state index in [1.165, 1.54) is 11.3 Å². The molecular formula is C9H13BrN2OS. The average molecular weight is 277 g/mol. The zero-order chi connectivity index (χ0) is 10.6. The molecule has 0 aliphatic heterocycles. The molecule has 78 valence electrons. The number of rotatable bonds is 4. The largest absolute Gasteiger partial charge is 0.334 e. The maximum atomic E-state index is 11.9. The van der Waals surface area contributed by atoms with Crippen LogP contribution in [0.15, 0.2) is 10.9 Å². The highest BCUT2D eigenvalue weighted by molar-refractivity contribution is 9.09. The fraction of sp³-hybridized carbons (Fsp3) is 0.556. The van der Waals surface area contributed by atoms with Crippen LogP contribution in [0, 0.1) is 0 Å². The first-order valence-electron chi connectivity index (χ1n) is 4.42. The van der Waals surface area contributed by atoms with Crippen LogP contribution in [0.3, 0.4) is 0 Å². The number of amides is 1. The molecule has 0 atom stereocenters. The first-order valence-corrected chi connectivity index (χ1v) is 6.48. The molecule has 1 rings (SSSR count). The Morgan fingerprint density at radius 1 is 1.71 bits per heavy atom. The fourth-order valence-corrected chi connectivity index (χ4v) is 2.06. The van der Waals surface area contributed by atoms with Crippen molar-refractivity contribution in [2.24, 2.45) is 0 Å². The van der Waals surface area contributed by atoms with Gasteiger partial charge in [0.1, 0.15) is 5.69 Å². The second kappa shape index (κ2) is 5.46. The summed E-state index contributed by atoms with van der Waals surface area (Å²) in [5.41, 5.74) is 2.23. The minimum absolute atomic E-state index is 0.0145. The zero-order valence-corrected chi connectivity index (χ0v) is 10.6. The quantitative estimate of drug-likeness (QED) is 0.792. The Morgan fingerprint density at radius 2 is 2.43 bits per heavy atom. The molecule has 0 N–H and O–H groups in total. The van der Waals surface area contributed by atoms with Crippen LogP contribution in [0.4, 0.5) is 0 Å². The van der Waals surface area contributed by atoms with E-state index in [9.17, 15) is 4.79 Å². The van der Waals surface area contributed by atoms with E-state index in [1.54, 1.807) is 10.9 Å². The maximum absolute atomic E-state index is 11.9. The molecule has 1 heterocycles. The Morgan fingerprint density at radius 3 is 2.86 bits per heavy atom. The van der Waals surface area contributed by atoms with Crippen LogP contribution in [0.25, 0.3) is 0 Å². The summed E-state index contributed by atoms with van der Waals surface area (Å²) in [5, 5.41) is 2.58. The molecule has 0 unspecified atom stereocenters. The van der Waals surface area contributed by atoms with E-state index >= 15 is 0 Å². The van der Waals surface area contributed by atoms with Gasteiger partial charge in [0.2, 0.25) is 0 Å². The molecule has 0 bridgehead atoms. The predicted molar refractivity (Wildman–Crippen MR) is 62.1 cm³/mol. The standard InChI is InChI=1S/C9H13BrN2OS/c1-7(2)12(4-3-10)9(13)8-5-14-6-11-8/h5-7H,3-4H2,1-2H3. The summed E-state index contributed by atoms with van der Waals surface area (Å²) in [7, 11) is 0. The SMILES string of the molecule is CC(C)N(CCBr)C(=O)c1cscn1. The van der Waals surface area contributed by atoms with Crippen molar-refractivity contribution >= 4 is 33.2 Å². The number of thiazole rings is 1. The van der Waals surface area contributed by atoms with Crippen LogP contribution in [0.1, 0.15) is 24.3 Å². The molecule has 1 aromatic heterocycles. The summed E-state index contributed by atoms with van der Waals surface area (Å²) in [4.78, 5) is 17.7. The number of carbonyl (C=O) groups excluding carboxylic acids is 1. The van der Waals surface area contributed by atoms with Crippen LogP contribution < -0.4 is 0 Å². The molecule has 14 heavy (non-hydrogen) atoms. The Kier molecular flexibility index (Phi) is 4.54. The maximum Gasteiger partial charge on any atom is 0.273 e. The summed E-state index contributed by atoms with van der Waals surface area (Å²) in [6, 6.07) is 0.210. The van der Waals surface area contributed by atoms with Crippen molar-refractivity contribution in [3.8, 4) is 0 Å². The molecule has 0 spiro atoms. The topological polar surface area (TPSA) is 33.2 Å². The monoisotopic (exact) mass is 276 g/mol. The molecule has 0 saturated heterocycles. The molecule has 0 aliphatic rings. The third-order valence-electron chi connectivity index (χ3n) is 1.86. The van der Waals surface area contributed by atoms with Crippen LogP contribution >= 0.6 is 27.3 Å². The second-order valence-corrected chi connectivity index (χ2v) is 4.67. The van der Waals surface area contributed by atoms with E-state index in [0.717, 1.165) is 5.33 Å². The van der Waals surface area contributed by atoms with Crippen molar-refractivity contribution in [3.05, 3.63) is 16.6 Å². The number of carbonyl (C=O) groups is 1. The van der Waals surface area contributed by atoms with Crippen LogP contribution in [-0.4, -0.2) is 33.7 Å². The zero-order valence-electron chi connectivity index (χ0n) is 8.24. The Balaban J connectivity index is 2.74. The number of halogens is 1. The number of alkyl halides is 1. The van der Waals surface area contributed by atoms with Crippen molar-refractivity contribution in [1.29, 1.82) is 0 Å². The predicted octanol–water partition coefficient (Wildman–Crippen LogP) is 2.39. The third kappa shape index (κ3) is 2.78. The van der Waals surface area contributed by atoms with Gasteiger partial charge in [0.05, 0.1) is 5.51 Å². The number of hydrogen-bond acceptors (Lipinski definition) is 3. The molecule has 0 aromatic carbocycles. The lowest BCUT2D eigenvalue weighted by molar-refractivity contribution is 0.0714. The van der Waals surface area contributed by atoms with E-state index in [4.69, 9.17) is 0 Å². The van der Waals surface area contributed by atoms with Gasteiger partial charge in [-0.15, -0.1) is 11.3 Å². The number of aromatic nitrogens is 1. The van der Waals surface area contributed by atoms with E-state index in [0.29, 0.717) is 12.2 Å². The number of nitrogens with zero attached hydrogens (tertiary/aromatic N) is 2. The van der Waals surface area contributed by atoms with Crippen LogP contribution in [-0.2, 0) is 0 Å². The minimum atomic E-state index is 0.0145. The van der Waals surface area contributed by atoms with Crippen LogP contribution in [0.2, 0.25) is 0 Å². The minimum Gasteiger partial charge on any atom is -0.334 e. The smallest absolute Gasteiger partial charge is 0.273 e. The first kappa shape index (κ1) is 11.7. The van der Waals surface area contributed by atoms with Gasteiger partial charge in [-0.2, -0.15) is 0 Å². The summed E-state index contributed by atoms with van der Waals surface area (Å²) in [5.74, 6) is 0.0145. The Bertz CT molecular complexity index is 287. The molecule has 0 aliphatic carbocycles. The van der Waals surface area contributed by atoms with Crippen molar-refractivity contribution < 1.29 is 4.79 Å². The lowest BCUT2D eigenvalue weighted by Crippen LogP contribution is -2.38. The van der Waals surface area contributed by atoms with Gasteiger partial charge < -0.3 is 4.90 Å². The molecule has 1 aromatic rings. The van der Waals surface area contributed by atoms with Gasteiger partial charge in [-0.25, -0.2) is 4.98 Å². The van der Waals surface area contributed by atoms with Crippen molar-refractivity contribution in [3.63, 3.8) is 0 Å². The van der Waals surface area contributed by atoms with E-state index in [-0.39, 0.29) is 11.9 Å². The van der Waals surface area contributed by atoms with E-state index in [2.05, 4.69) is 20.9 Å². The van der Waals surface area contributed by atoms with Crippen molar-refractivity contribution in [2.75, 3.05) is 11.9 Å². The van der Waals surface area contributed by atoms with Gasteiger partial charge in [0.15, 0.2) is 0 Å². The van der Waals surface area contributed by atoms with Gasteiger partial charge in [-0.1, -0.05) is 15.9 Å². The average Bonchev–Trinajstić information content (AvgIpc) is 2.65. The highest BCUT2D eigenvalue weighted by atomic mass is 79.9. The van der Waals surface area contributed by atoms with Gasteiger partial charge in [-0.05, 0) is 13.8 Å². The normalized spacial score (nSPS) is 10.6. The first-order chi connectivity index (χ1) is 6.66. The summed E-state index contributed by atoms with van der Waals surface area (Å²) in [6.07, 6.45) is 0. The molecule has 0 saturated carbocycles. The Hall–Kier alpha value is -0.420.